The molecule has 0 aromatic heterocycles. The van der Waals surface area contributed by atoms with Gasteiger partial charge in [0.2, 0.25) is 0 Å². The van der Waals surface area contributed by atoms with Crippen LogP contribution >= 0.6 is 0 Å². The second kappa shape index (κ2) is 6.53. The Morgan fingerprint density at radius 1 is 0.677 bits per heavy atom. The average molecular weight is 419 g/mol. The van der Waals surface area contributed by atoms with Crippen LogP contribution in [0.15, 0.2) is 48.5 Å². The molecule has 4 aliphatic rings. The molecule has 2 atom stereocenters. The summed E-state index contributed by atoms with van der Waals surface area (Å²) in [7, 11) is 0. The van der Waals surface area contributed by atoms with Crippen molar-refractivity contribution in [1.82, 2.24) is 0 Å². The molecule has 0 saturated heterocycles. The Morgan fingerprint density at radius 2 is 1.13 bits per heavy atom. The van der Waals surface area contributed by atoms with E-state index in [1.54, 1.807) is 0 Å². The number of hydrogen-bond acceptors (Lipinski definition) is 2. The van der Waals surface area contributed by atoms with E-state index in [0.717, 1.165) is 0 Å². The molecule has 31 heavy (non-hydrogen) atoms. The van der Waals surface area contributed by atoms with Gasteiger partial charge in [-0.15, -0.1) is 0 Å². The number of benzene rings is 2. The van der Waals surface area contributed by atoms with E-state index in [1.165, 1.54) is 62.5 Å². The third-order valence-electron chi connectivity index (χ3n) is 9.50. The van der Waals surface area contributed by atoms with Crippen molar-refractivity contribution >= 4 is 0 Å². The van der Waals surface area contributed by atoms with Gasteiger partial charge in [-0.05, 0) is 107 Å². The molecule has 2 nitrogen and oxygen atoms in total. The van der Waals surface area contributed by atoms with E-state index in [9.17, 15) is 10.2 Å². The Labute approximate surface area is 187 Å². The zero-order valence-corrected chi connectivity index (χ0v) is 19.7. The number of rotatable bonds is 4. The number of phenolic OH excluding ortho intramolecular Hbond substituents is 2. The summed E-state index contributed by atoms with van der Waals surface area (Å²) < 4.78 is 0. The van der Waals surface area contributed by atoms with E-state index in [-0.39, 0.29) is 16.2 Å². The molecule has 2 aromatic rings. The molecule has 0 aliphatic heterocycles. The van der Waals surface area contributed by atoms with Gasteiger partial charge in [-0.25, -0.2) is 0 Å². The fourth-order valence-corrected chi connectivity index (χ4v) is 8.68. The lowest BCUT2D eigenvalue weighted by Gasteiger charge is -2.74. The van der Waals surface area contributed by atoms with Crippen molar-refractivity contribution in [2.45, 2.75) is 89.9 Å². The van der Waals surface area contributed by atoms with Gasteiger partial charge in [0, 0.05) is 0 Å². The SMILES string of the molecule is CCCC12CC3(c4ccc(O)cc4)CC(c4ccc(O)cc4)(C1)CC(C(C)(C)C)(C2)C3. The van der Waals surface area contributed by atoms with Crippen molar-refractivity contribution in [1.29, 1.82) is 0 Å². The van der Waals surface area contributed by atoms with Crippen LogP contribution in [-0.4, -0.2) is 10.2 Å². The second-order valence-electron chi connectivity index (χ2n) is 12.5. The molecule has 0 spiro atoms. The molecule has 2 heteroatoms. The maximum Gasteiger partial charge on any atom is 0.115 e. The third-order valence-corrected chi connectivity index (χ3v) is 9.50. The number of aromatic hydroxyl groups is 2. The zero-order valence-electron chi connectivity index (χ0n) is 19.7. The van der Waals surface area contributed by atoms with Gasteiger partial charge in [0.05, 0.1) is 0 Å². The van der Waals surface area contributed by atoms with Crippen molar-refractivity contribution < 1.29 is 10.2 Å². The highest BCUT2D eigenvalue weighted by Gasteiger charge is 2.70. The molecule has 4 bridgehead atoms. The van der Waals surface area contributed by atoms with Crippen molar-refractivity contribution in [3.63, 3.8) is 0 Å². The molecule has 166 valence electrons. The van der Waals surface area contributed by atoms with Crippen molar-refractivity contribution in [3.05, 3.63) is 59.7 Å². The van der Waals surface area contributed by atoms with E-state index in [1.807, 2.05) is 24.3 Å². The van der Waals surface area contributed by atoms with E-state index in [0.29, 0.717) is 22.3 Å². The van der Waals surface area contributed by atoms with Crippen LogP contribution in [0.3, 0.4) is 0 Å². The van der Waals surface area contributed by atoms with Gasteiger partial charge in [0.25, 0.3) is 0 Å². The molecule has 4 fully saturated rings. The number of phenols is 2. The average Bonchev–Trinajstić information content (AvgIpc) is 2.67. The topological polar surface area (TPSA) is 40.5 Å². The second-order valence-corrected chi connectivity index (χ2v) is 12.5. The van der Waals surface area contributed by atoms with Crippen LogP contribution in [0, 0.1) is 16.2 Å². The molecule has 6 rings (SSSR count). The van der Waals surface area contributed by atoms with Crippen LogP contribution in [0.1, 0.15) is 90.2 Å². The van der Waals surface area contributed by atoms with Gasteiger partial charge in [0.15, 0.2) is 0 Å². The van der Waals surface area contributed by atoms with Gasteiger partial charge >= 0.3 is 0 Å². The van der Waals surface area contributed by atoms with Crippen molar-refractivity contribution in [2.75, 3.05) is 0 Å². The summed E-state index contributed by atoms with van der Waals surface area (Å²) in [5, 5.41) is 20.0. The lowest BCUT2D eigenvalue weighted by atomic mass is 9.30. The summed E-state index contributed by atoms with van der Waals surface area (Å²) in [4.78, 5) is 0. The smallest absolute Gasteiger partial charge is 0.115 e. The minimum atomic E-state index is 0.156. The standard InChI is InChI=1S/C29H38O2/c1-5-14-26-15-27(21-6-10-23(30)11-7-21)18-28(16-26,22-8-12-24(31)13-9-22)20-29(17-26,19-27)25(2,3)4/h6-13,30-31H,5,14-20H2,1-4H3. The summed E-state index contributed by atoms with van der Waals surface area (Å²) in [5.41, 5.74) is 4.05. The molecule has 2 aromatic carbocycles. The molecule has 0 amide bonds. The van der Waals surface area contributed by atoms with Crippen molar-refractivity contribution in [3.8, 4) is 11.5 Å². The summed E-state index contributed by atoms with van der Waals surface area (Å²) in [6.07, 6.45) is 10.1. The zero-order chi connectivity index (χ0) is 22.1. The van der Waals surface area contributed by atoms with Crippen LogP contribution < -0.4 is 0 Å². The van der Waals surface area contributed by atoms with Gasteiger partial charge in [-0.3, -0.25) is 0 Å². The maximum atomic E-state index is 9.98. The van der Waals surface area contributed by atoms with Gasteiger partial charge in [-0.1, -0.05) is 58.4 Å². The third kappa shape index (κ3) is 3.04. The molecule has 0 heterocycles. The van der Waals surface area contributed by atoms with Crippen LogP contribution in [0.2, 0.25) is 0 Å². The Morgan fingerprint density at radius 3 is 1.52 bits per heavy atom. The Balaban J connectivity index is 1.74. The first-order valence-electron chi connectivity index (χ1n) is 12.1. The molecule has 4 aliphatic carbocycles. The maximum absolute atomic E-state index is 9.98. The van der Waals surface area contributed by atoms with Crippen molar-refractivity contribution in [2.24, 2.45) is 16.2 Å². The first-order valence-corrected chi connectivity index (χ1v) is 12.1. The summed E-state index contributed by atoms with van der Waals surface area (Å²) in [5.74, 6) is 0.714. The molecular formula is C29H38O2. The van der Waals surface area contributed by atoms with Crippen LogP contribution in [0.5, 0.6) is 11.5 Å². The Kier molecular flexibility index (Phi) is 4.40. The molecule has 2 N–H and O–H groups in total. The van der Waals surface area contributed by atoms with Gasteiger partial charge in [-0.2, -0.15) is 0 Å². The van der Waals surface area contributed by atoms with Crippen LogP contribution in [0.4, 0.5) is 0 Å². The molecule has 4 saturated carbocycles. The summed E-state index contributed by atoms with van der Waals surface area (Å²) in [6, 6.07) is 16.3. The van der Waals surface area contributed by atoms with Crippen LogP contribution in [-0.2, 0) is 10.8 Å². The quantitative estimate of drug-likeness (QED) is 0.540. The van der Waals surface area contributed by atoms with Crippen LogP contribution in [0.25, 0.3) is 0 Å². The first-order chi connectivity index (χ1) is 14.6. The lowest BCUT2D eigenvalue weighted by molar-refractivity contribution is -0.185. The fourth-order valence-electron chi connectivity index (χ4n) is 8.68. The largest absolute Gasteiger partial charge is 0.508 e. The molecule has 2 unspecified atom stereocenters. The predicted molar refractivity (Wildman–Crippen MR) is 127 cm³/mol. The lowest BCUT2D eigenvalue weighted by Crippen LogP contribution is -2.66. The first kappa shape index (κ1) is 20.9. The highest BCUT2D eigenvalue weighted by atomic mass is 16.3. The number of hydrogen-bond donors (Lipinski definition) is 2. The van der Waals surface area contributed by atoms with Gasteiger partial charge < -0.3 is 10.2 Å². The van der Waals surface area contributed by atoms with E-state index < -0.39 is 0 Å². The monoisotopic (exact) mass is 418 g/mol. The minimum absolute atomic E-state index is 0.156. The Bertz CT molecular complexity index is 902. The minimum Gasteiger partial charge on any atom is -0.508 e. The highest BCUT2D eigenvalue weighted by molar-refractivity contribution is 5.43. The Hall–Kier alpha value is -1.96. The normalized spacial score (nSPS) is 36.6. The molecule has 0 radical (unpaired) electrons. The van der Waals surface area contributed by atoms with E-state index in [4.69, 9.17) is 0 Å². The van der Waals surface area contributed by atoms with Gasteiger partial charge in [0.1, 0.15) is 11.5 Å². The summed E-state index contributed by atoms with van der Waals surface area (Å²) in [6.45, 7) is 9.75. The van der Waals surface area contributed by atoms with E-state index >= 15 is 0 Å². The highest BCUT2D eigenvalue weighted by Crippen LogP contribution is 2.78. The van der Waals surface area contributed by atoms with E-state index in [2.05, 4.69) is 52.0 Å². The summed E-state index contributed by atoms with van der Waals surface area (Å²) >= 11 is 0. The fraction of sp³-hybridized carbons (Fsp3) is 0.586. The predicted octanol–water partition coefficient (Wildman–Crippen LogP) is 7.47. The molecular weight excluding hydrogens is 380 g/mol.